The molecule has 0 saturated carbocycles. The maximum Gasteiger partial charge on any atom is 0.149 e. The second-order valence-electron chi connectivity index (χ2n) is 3.60. The Kier molecular flexibility index (Phi) is 3.19. The molecule has 4 heteroatoms. The topological polar surface area (TPSA) is 12.9 Å². The highest BCUT2D eigenvalue weighted by atomic mass is 79.9. The van der Waals surface area contributed by atoms with Crippen molar-refractivity contribution >= 4 is 26.8 Å². The van der Waals surface area contributed by atoms with Gasteiger partial charge in [-0.15, -0.1) is 0 Å². The zero-order chi connectivity index (χ0) is 11.7. The molecule has 0 saturated heterocycles. The Morgan fingerprint density at radius 1 is 1.25 bits per heavy atom. The number of hydrogen-bond donors (Lipinski definition) is 0. The van der Waals surface area contributed by atoms with Gasteiger partial charge in [-0.3, -0.25) is 0 Å². The summed E-state index contributed by atoms with van der Waals surface area (Å²) in [6, 6.07) is 3.96. The average molecular weight is 286 g/mol. The molecule has 0 unspecified atom stereocenters. The molecule has 0 spiro atoms. The highest BCUT2D eigenvalue weighted by molar-refractivity contribution is 9.10. The summed E-state index contributed by atoms with van der Waals surface area (Å²) in [4.78, 5) is 4.14. The van der Waals surface area contributed by atoms with Gasteiger partial charge in [0.2, 0.25) is 0 Å². The minimum absolute atomic E-state index is 0.0952. The summed E-state index contributed by atoms with van der Waals surface area (Å²) in [5.41, 5.74) is 0.865. The van der Waals surface area contributed by atoms with E-state index < -0.39 is 11.6 Å². The SMILES string of the molecule is CCCc1cc(Br)c2c(F)ccc(F)c2n1. The highest BCUT2D eigenvalue weighted by Crippen LogP contribution is 2.28. The predicted molar refractivity (Wildman–Crippen MR) is 63.4 cm³/mol. The molecule has 84 valence electrons. The first-order valence-corrected chi connectivity index (χ1v) is 5.86. The average Bonchev–Trinajstić information content (AvgIpc) is 2.23. The smallest absolute Gasteiger partial charge is 0.149 e. The van der Waals surface area contributed by atoms with Crippen molar-refractivity contribution in [3.63, 3.8) is 0 Å². The number of nitrogens with zero attached hydrogens (tertiary/aromatic N) is 1. The lowest BCUT2D eigenvalue weighted by atomic mass is 10.1. The van der Waals surface area contributed by atoms with Gasteiger partial charge < -0.3 is 0 Å². The molecule has 0 N–H and O–H groups in total. The molecule has 0 radical (unpaired) electrons. The predicted octanol–water partition coefficient (Wildman–Crippen LogP) is 4.23. The summed E-state index contributed by atoms with van der Waals surface area (Å²) in [5, 5.41) is 0.208. The molecule has 2 aromatic rings. The maximum atomic E-state index is 13.5. The van der Waals surface area contributed by atoms with Crippen LogP contribution >= 0.6 is 15.9 Å². The monoisotopic (exact) mass is 285 g/mol. The van der Waals surface area contributed by atoms with Crippen LogP contribution in [-0.2, 0) is 6.42 Å². The molecule has 0 aliphatic carbocycles. The van der Waals surface area contributed by atoms with Crippen LogP contribution in [-0.4, -0.2) is 4.98 Å². The fourth-order valence-corrected chi connectivity index (χ4v) is 2.30. The Bertz CT molecular complexity index is 540. The molecular weight excluding hydrogens is 276 g/mol. The van der Waals surface area contributed by atoms with E-state index in [9.17, 15) is 8.78 Å². The largest absolute Gasteiger partial charge is 0.250 e. The van der Waals surface area contributed by atoms with Crippen LogP contribution in [0.25, 0.3) is 10.9 Å². The second-order valence-corrected chi connectivity index (χ2v) is 4.45. The molecule has 0 aliphatic rings. The Labute approximate surface area is 101 Å². The number of aromatic nitrogens is 1. The van der Waals surface area contributed by atoms with Gasteiger partial charge in [-0.25, -0.2) is 13.8 Å². The number of rotatable bonds is 2. The van der Waals surface area contributed by atoms with Gasteiger partial charge in [-0.05, 0) is 40.5 Å². The van der Waals surface area contributed by atoms with Gasteiger partial charge in [-0.2, -0.15) is 0 Å². The van der Waals surface area contributed by atoms with Crippen molar-refractivity contribution < 1.29 is 8.78 Å². The van der Waals surface area contributed by atoms with Gasteiger partial charge in [0.15, 0.2) is 0 Å². The van der Waals surface area contributed by atoms with Gasteiger partial charge in [0.1, 0.15) is 17.2 Å². The Hall–Kier alpha value is -1.03. The van der Waals surface area contributed by atoms with Crippen molar-refractivity contribution in [2.45, 2.75) is 19.8 Å². The van der Waals surface area contributed by atoms with Crippen LogP contribution in [0.4, 0.5) is 8.78 Å². The van der Waals surface area contributed by atoms with Crippen molar-refractivity contribution in [3.05, 3.63) is 40.0 Å². The first-order chi connectivity index (χ1) is 7.63. The molecule has 1 aromatic carbocycles. The van der Waals surface area contributed by atoms with Gasteiger partial charge in [-0.1, -0.05) is 13.3 Å². The van der Waals surface area contributed by atoms with E-state index in [2.05, 4.69) is 20.9 Å². The third-order valence-corrected chi connectivity index (χ3v) is 3.00. The van der Waals surface area contributed by atoms with Crippen molar-refractivity contribution in [1.29, 1.82) is 0 Å². The van der Waals surface area contributed by atoms with Gasteiger partial charge in [0.05, 0.1) is 5.39 Å². The lowest BCUT2D eigenvalue weighted by molar-refractivity contribution is 0.614. The van der Waals surface area contributed by atoms with E-state index in [1.165, 1.54) is 0 Å². The Balaban J connectivity index is 2.76. The number of fused-ring (bicyclic) bond motifs is 1. The molecule has 0 atom stereocenters. The van der Waals surface area contributed by atoms with E-state index >= 15 is 0 Å². The normalized spacial score (nSPS) is 11.0. The third-order valence-electron chi connectivity index (χ3n) is 2.37. The molecule has 0 aliphatic heterocycles. The minimum atomic E-state index is -0.491. The number of benzene rings is 1. The number of aryl methyl sites for hydroxylation is 1. The lowest BCUT2D eigenvalue weighted by Crippen LogP contribution is -1.95. The van der Waals surface area contributed by atoms with Crippen molar-refractivity contribution in [1.82, 2.24) is 4.98 Å². The molecular formula is C12H10BrF2N. The van der Waals surface area contributed by atoms with Crippen LogP contribution in [0.5, 0.6) is 0 Å². The number of hydrogen-bond acceptors (Lipinski definition) is 1. The summed E-state index contributed by atoms with van der Waals surface area (Å²) < 4.78 is 27.6. The van der Waals surface area contributed by atoms with E-state index in [1.807, 2.05) is 6.92 Å². The molecule has 0 bridgehead atoms. The summed E-state index contributed by atoms with van der Waals surface area (Å²) in [6.45, 7) is 2.02. The standard InChI is InChI=1S/C12H10BrF2N/c1-2-3-7-6-8(13)11-9(14)4-5-10(15)12(11)16-7/h4-6H,2-3H2,1H3. The van der Waals surface area contributed by atoms with E-state index in [-0.39, 0.29) is 10.9 Å². The fraction of sp³-hybridized carbons (Fsp3) is 0.250. The maximum absolute atomic E-state index is 13.5. The summed E-state index contributed by atoms with van der Waals surface area (Å²) in [5.74, 6) is -0.950. The van der Waals surface area contributed by atoms with Crippen LogP contribution in [0.15, 0.2) is 22.7 Å². The molecule has 2 rings (SSSR count). The first-order valence-electron chi connectivity index (χ1n) is 5.06. The van der Waals surface area contributed by atoms with Crippen LogP contribution in [0.2, 0.25) is 0 Å². The molecule has 1 aromatic heterocycles. The zero-order valence-electron chi connectivity index (χ0n) is 8.73. The minimum Gasteiger partial charge on any atom is -0.250 e. The Morgan fingerprint density at radius 3 is 2.62 bits per heavy atom. The number of pyridine rings is 1. The number of halogens is 3. The summed E-state index contributed by atoms with van der Waals surface area (Å²) >= 11 is 3.26. The molecule has 0 amide bonds. The van der Waals surface area contributed by atoms with Crippen molar-refractivity contribution in [2.24, 2.45) is 0 Å². The van der Waals surface area contributed by atoms with E-state index in [0.717, 1.165) is 30.7 Å². The van der Waals surface area contributed by atoms with Crippen molar-refractivity contribution in [2.75, 3.05) is 0 Å². The van der Waals surface area contributed by atoms with Crippen molar-refractivity contribution in [3.8, 4) is 0 Å². The van der Waals surface area contributed by atoms with Gasteiger partial charge in [0.25, 0.3) is 0 Å². The highest BCUT2D eigenvalue weighted by Gasteiger charge is 2.12. The van der Waals surface area contributed by atoms with E-state index in [4.69, 9.17) is 0 Å². The molecule has 16 heavy (non-hydrogen) atoms. The molecule has 1 nitrogen and oxygen atoms in total. The van der Waals surface area contributed by atoms with Crippen LogP contribution in [0.3, 0.4) is 0 Å². The lowest BCUT2D eigenvalue weighted by Gasteiger charge is -2.06. The van der Waals surface area contributed by atoms with Gasteiger partial charge >= 0.3 is 0 Å². The Morgan fingerprint density at radius 2 is 1.94 bits per heavy atom. The van der Waals surface area contributed by atoms with Gasteiger partial charge in [0, 0.05) is 10.2 Å². The van der Waals surface area contributed by atoms with E-state index in [1.54, 1.807) is 6.07 Å². The fourth-order valence-electron chi connectivity index (χ4n) is 1.66. The third kappa shape index (κ3) is 1.94. The van der Waals surface area contributed by atoms with Crippen LogP contribution in [0.1, 0.15) is 19.0 Å². The quantitative estimate of drug-likeness (QED) is 0.805. The molecule has 1 heterocycles. The van der Waals surface area contributed by atoms with E-state index in [0.29, 0.717) is 4.47 Å². The van der Waals surface area contributed by atoms with Crippen LogP contribution in [0, 0.1) is 11.6 Å². The second kappa shape index (κ2) is 4.45. The molecule has 0 fully saturated rings. The summed E-state index contributed by atoms with van der Waals surface area (Å²) in [6.07, 6.45) is 1.67. The zero-order valence-corrected chi connectivity index (χ0v) is 10.3. The van der Waals surface area contributed by atoms with Crippen LogP contribution < -0.4 is 0 Å². The summed E-state index contributed by atoms with van der Waals surface area (Å²) in [7, 11) is 0. The first kappa shape index (κ1) is 11.5.